The van der Waals surface area contributed by atoms with Gasteiger partial charge in [0.1, 0.15) is 0 Å². The highest BCUT2D eigenvalue weighted by Crippen LogP contribution is 2.29. The summed E-state index contributed by atoms with van der Waals surface area (Å²) in [5, 5.41) is 0. The number of benzene rings is 1. The van der Waals surface area contributed by atoms with E-state index in [1.54, 1.807) is 0 Å². The lowest BCUT2D eigenvalue weighted by Gasteiger charge is -2.34. The zero-order chi connectivity index (χ0) is 12.9. The van der Waals surface area contributed by atoms with Crippen LogP contribution in [0.2, 0.25) is 0 Å². The van der Waals surface area contributed by atoms with Gasteiger partial charge >= 0.3 is 0 Å². The van der Waals surface area contributed by atoms with Crippen LogP contribution in [0.4, 0.5) is 0 Å². The van der Waals surface area contributed by atoms with Crippen LogP contribution in [0.15, 0.2) is 47.7 Å². The van der Waals surface area contributed by atoms with Gasteiger partial charge in [0, 0.05) is 18.8 Å². The van der Waals surface area contributed by atoms with Crippen molar-refractivity contribution in [2.24, 2.45) is 0 Å². The van der Waals surface area contributed by atoms with E-state index in [9.17, 15) is 0 Å². The van der Waals surface area contributed by atoms with Crippen molar-refractivity contribution < 1.29 is 4.74 Å². The van der Waals surface area contributed by atoms with Crippen LogP contribution in [0.3, 0.4) is 0 Å². The minimum Gasteiger partial charge on any atom is -0.378 e. The number of hydrogen-bond donors (Lipinski definition) is 0. The normalized spacial score (nSPS) is 22.4. The molecule has 1 aliphatic heterocycles. The fraction of sp³-hybridized carbons (Fsp3) is 0.412. The van der Waals surface area contributed by atoms with E-state index in [-0.39, 0.29) is 0 Å². The van der Waals surface area contributed by atoms with E-state index in [4.69, 9.17) is 4.74 Å². The van der Waals surface area contributed by atoms with Gasteiger partial charge in [-0.2, -0.15) is 0 Å². The second kappa shape index (κ2) is 6.07. The van der Waals surface area contributed by atoms with Gasteiger partial charge in [-0.3, -0.25) is 0 Å². The molecule has 0 radical (unpaired) electrons. The lowest BCUT2D eigenvalue weighted by molar-refractivity contribution is 0.0542. The van der Waals surface area contributed by atoms with E-state index in [1.165, 1.54) is 36.1 Å². The molecule has 19 heavy (non-hydrogen) atoms. The second-order valence-electron chi connectivity index (χ2n) is 5.16. The molecule has 0 amide bonds. The lowest BCUT2D eigenvalue weighted by atomic mass is 9.95. The minimum absolute atomic E-state index is 0.857. The number of ether oxygens (including phenoxy) is 1. The van der Waals surface area contributed by atoms with Crippen LogP contribution in [0.5, 0.6) is 0 Å². The van der Waals surface area contributed by atoms with Crippen molar-refractivity contribution in [3.8, 4) is 0 Å². The molecule has 2 nitrogen and oxygen atoms in total. The Hall–Kier alpha value is -1.54. The van der Waals surface area contributed by atoms with E-state index < -0.39 is 0 Å². The molecule has 2 heteroatoms. The molecule has 1 aliphatic carbocycles. The molecule has 0 aromatic heterocycles. The third-order valence-electron chi connectivity index (χ3n) is 3.81. The molecule has 1 aromatic rings. The number of nitrogens with zero attached hydrogens (tertiary/aromatic N) is 1. The topological polar surface area (TPSA) is 12.5 Å². The molecule has 1 aromatic carbocycles. The summed E-state index contributed by atoms with van der Waals surface area (Å²) >= 11 is 0. The van der Waals surface area contributed by atoms with Gasteiger partial charge in [-0.1, -0.05) is 36.4 Å². The Kier molecular flexibility index (Phi) is 3.99. The zero-order valence-electron chi connectivity index (χ0n) is 11.3. The number of allylic oxidation sites excluding steroid dienone is 2. The summed E-state index contributed by atoms with van der Waals surface area (Å²) in [6, 6.07) is 10.6. The van der Waals surface area contributed by atoms with Gasteiger partial charge < -0.3 is 9.64 Å². The van der Waals surface area contributed by atoms with Gasteiger partial charge in [0.2, 0.25) is 0 Å². The third-order valence-corrected chi connectivity index (χ3v) is 3.81. The van der Waals surface area contributed by atoms with Crippen LogP contribution in [-0.4, -0.2) is 31.2 Å². The predicted molar refractivity (Wildman–Crippen MR) is 78.7 cm³/mol. The molecule has 0 spiro atoms. The number of hydrogen-bond acceptors (Lipinski definition) is 2. The molecule has 0 saturated carbocycles. The lowest BCUT2D eigenvalue weighted by Crippen LogP contribution is -2.36. The van der Waals surface area contributed by atoms with Gasteiger partial charge in [0.25, 0.3) is 0 Å². The maximum Gasteiger partial charge on any atom is 0.0642 e. The largest absolute Gasteiger partial charge is 0.378 e. The van der Waals surface area contributed by atoms with Crippen LogP contribution < -0.4 is 0 Å². The van der Waals surface area contributed by atoms with Gasteiger partial charge in [-0.15, -0.1) is 0 Å². The van der Waals surface area contributed by atoms with Crippen molar-refractivity contribution in [2.45, 2.75) is 19.3 Å². The SMILES string of the molecule is C1=C(N2CCOCC2)/C(=C/c2ccccc2)CCC1. The maximum atomic E-state index is 5.46. The molecule has 0 bridgehead atoms. The molecule has 100 valence electrons. The van der Waals surface area contributed by atoms with Crippen LogP contribution >= 0.6 is 0 Å². The molecule has 1 fully saturated rings. The Morgan fingerprint density at radius 1 is 1.05 bits per heavy atom. The molecule has 0 unspecified atom stereocenters. The first-order valence-electron chi connectivity index (χ1n) is 7.22. The Morgan fingerprint density at radius 2 is 1.84 bits per heavy atom. The molecule has 1 heterocycles. The second-order valence-corrected chi connectivity index (χ2v) is 5.16. The summed E-state index contributed by atoms with van der Waals surface area (Å²) in [6.45, 7) is 3.77. The summed E-state index contributed by atoms with van der Waals surface area (Å²) < 4.78 is 5.46. The smallest absolute Gasteiger partial charge is 0.0642 e. The van der Waals surface area contributed by atoms with Crippen LogP contribution in [0.1, 0.15) is 24.8 Å². The zero-order valence-corrected chi connectivity index (χ0v) is 11.3. The van der Waals surface area contributed by atoms with E-state index in [0.29, 0.717) is 0 Å². The maximum absolute atomic E-state index is 5.46. The fourth-order valence-electron chi connectivity index (χ4n) is 2.82. The highest BCUT2D eigenvalue weighted by atomic mass is 16.5. The Morgan fingerprint density at radius 3 is 2.63 bits per heavy atom. The number of rotatable bonds is 2. The van der Waals surface area contributed by atoms with Crippen molar-refractivity contribution in [1.29, 1.82) is 0 Å². The summed E-state index contributed by atoms with van der Waals surface area (Å²) in [5.41, 5.74) is 4.23. The summed E-state index contributed by atoms with van der Waals surface area (Å²) in [4.78, 5) is 2.48. The molecule has 3 rings (SSSR count). The van der Waals surface area contributed by atoms with Crippen molar-refractivity contribution in [1.82, 2.24) is 4.90 Å². The van der Waals surface area contributed by atoms with Crippen molar-refractivity contribution >= 4 is 6.08 Å². The van der Waals surface area contributed by atoms with Crippen LogP contribution in [-0.2, 0) is 4.74 Å². The average molecular weight is 255 g/mol. The van der Waals surface area contributed by atoms with E-state index in [0.717, 1.165) is 26.3 Å². The Labute approximate surface area is 115 Å². The van der Waals surface area contributed by atoms with Crippen LogP contribution in [0, 0.1) is 0 Å². The quantitative estimate of drug-likeness (QED) is 0.802. The van der Waals surface area contributed by atoms with Gasteiger partial charge in [-0.25, -0.2) is 0 Å². The van der Waals surface area contributed by atoms with Gasteiger partial charge in [-0.05, 0) is 36.5 Å². The van der Waals surface area contributed by atoms with Crippen molar-refractivity contribution in [3.05, 3.63) is 53.2 Å². The van der Waals surface area contributed by atoms with E-state index in [2.05, 4.69) is 47.4 Å². The first-order valence-corrected chi connectivity index (χ1v) is 7.22. The molecule has 0 atom stereocenters. The molecular weight excluding hydrogens is 234 g/mol. The van der Waals surface area contributed by atoms with Crippen molar-refractivity contribution in [3.63, 3.8) is 0 Å². The monoisotopic (exact) mass is 255 g/mol. The third kappa shape index (κ3) is 3.07. The van der Waals surface area contributed by atoms with Gasteiger partial charge in [0.15, 0.2) is 0 Å². The summed E-state index contributed by atoms with van der Waals surface area (Å²) in [6.07, 6.45) is 8.42. The fourth-order valence-corrected chi connectivity index (χ4v) is 2.82. The highest BCUT2D eigenvalue weighted by molar-refractivity contribution is 5.58. The number of morpholine rings is 1. The Balaban J connectivity index is 1.84. The van der Waals surface area contributed by atoms with Crippen molar-refractivity contribution in [2.75, 3.05) is 26.3 Å². The molecular formula is C17H21NO. The average Bonchev–Trinajstić information content (AvgIpc) is 2.50. The van der Waals surface area contributed by atoms with Gasteiger partial charge in [0.05, 0.1) is 13.2 Å². The predicted octanol–water partition coefficient (Wildman–Crippen LogP) is 3.47. The molecule has 1 saturated heterocycles. The summed E-state index contributed by atoms with van der Waals surface area (Å²) in [7, 11) is 0. The highest BCUT2D eigenvalue weighted by Gasteiger charge is 2.18. The van der Waals surface area contributed by atoms with E-state index >= 15 is 0 Å². The minimum atomic E-state index is 0.857. The molecule has 2 aliphatic rings. The standard InChI is InChI=1S/C17H21NO/c1-2-6-15(7-3-1)14-16-8-4-5-9-17(16)18-10-12-19-13-11-18/h1-3,6-7,9,14H,4-5,8,10-13H2/b16-14+. The first-order chi connectivity index (χ1) is 9.43. The molecule has 0 N–H and O–H groups in total. The summed E-state index contributed by atoms with van der Waals surface area (Å²) in [5.74, 6) is 0. The Bertz CT molecular complexity index is 469. The first kappa shape index (κ1) is 12.5. The van der Waals surface area contributed by atoms with Crippen LogP contribution in [0.25, 0.3) is 6.08 Å². The van der Waals surface area contributed by atoms with E-state index in [1.807, 2.05) is 0 Å².